The smallest absolute Gasteiger partial charge is 0.397 e. The normalized spacial score (nSPS) is 34.3. The molecule has 0 heterocycles. The Hall–Kier alpha value is -3.11. The van der Waals surface area contributed by atoms with Gasteiger partial charge in [0.1, 0.15) is 0 Å². The molecule has 4 saturated carbocycles. The van der Waals surface area contributed by atoms with Crippen molar-refractivity contribution in [3.05, 3.63) is 60.2 Å². The number of aliphatic hydroxyl groups excluding tert-OH is 1. The first kappa shape index (κ1) is 34.9. The lowest BCUT2D eigenvalue weighted by atomic mass is 9.43. The fraction of sp³-hybridized carbons (Fsp3) is 0.571. The molecule has 4 aromatic carbocycles. The van der Waals surface area contributed by atoms with Gasteiger partial charge in [-0.05, 0) is 136 Å². The maximum atomic E-state index is 13.4. The van der Waals surface area contributed by atoms with Gasteiger partial charge in [0.2, 0.25) is 5.78 Å². The molecule has 4 aliphatic rings. The molecule has 2 N–H and O–H groups in total. The minimum atomic E-state index is -4.50. The molecule has 0 aromatic heterocycles. The van der Waals surface area contributed by atoms with E-state index in [9.17, 15) is 27.7 Å². The first-order chi connectivity index (χ1) is 24.3. The topological polar surface area (TPSA) is 127 Å². The summed E-state index contributed by atoms with van der Waals surface area (Å²) in [7, 11) is -4.50. The zero-order chi connectivity index (χ0) is 35.9. The molecule has 0 aliphatic heterocycles. The minimum absolute atomic E-state index is 0.00674. The van der Waals surface area contributed by atoms with Crippen molar-refractivity contribution < 1.29 is 36.6 Å². The second-order valence-electron chi connectivity index (χ2n) is 17.0. The van der Waals surface area contributed by atoms with Gasteiger partial charge in [0.05, 0.1) is 12.2 Å². The molecule has 8 rings (SSSR count). The third-order valence-electron chi connectivity index (χ3n) is 14.7. The third kappa shape index (κ3) is 5.96. The predicted molar refractivity (Wildman–Crippen MR) is 197 cm³/mol. The van der Waals surface area contributed by atoms with Crippen molar-refractivity contribution in [2.75, 3.05) is 6.61 Å². The minimum Gasteiger partial charge on any atom is -0.457 e. The Kier molecular flexibility index (Phi) is 8.76. The maximum Gasteiger partial charge on any atom is 0.397 e. The van der Waals surface area contributed by atoms with E-state index in [0.717, 1.165) is 64.4 Å². The van der Waals surface area contributed by atoms with Crippen LogP contribution in [0.2, 0.25) is 0 Å². The molecule has 51 heavy (non-hydrogen) atoms. The number of carbonyl (C=O) groups is 2. The van der Waals surface area contributed by atoms with Gasteiger partial charge in [-0.15, -0.1) is 0 Å². The van der Waals surface area contributed by atoms with E-state index in [2.05, 4.69) is 51.1 Å². The Morgan fingerprint density at radius 3 is 2.27 bits per heavy atom. The monoisotopic (exact) mass is 714 g/mol. The average Bonchev–Trinajstić information content (AvgIpc) is 3.45. The molecule has 10 atom stereocenters. The molecule has 0 spiro atoms. The number of hydrogen-bond acceptors (Lipinski definition) is 7. The standard InChI is InChI=1S/C42H50O8S/c1-24(7-16-37(45)49-23-36(44)30-12-10-27-9-8-25-5-4-6-26-11-13-31(30)39(27)38(25)26)32-14-15-33-40-34(18-20-42(32,33)3)41(2)19-17-29(50-51(46,47)48)21-28(41)22-35(40)43/h4-6,8-13,24,28-29,32-35,40,43H,7,14-23H2,1-3H3,(H,46,47,48)/t24-,28+,29-,32-,33+,34+,35+,40+,41+,42-/m1/s1. The van der Waals surface area contributed by atoms with E-state index in [-0.39, 0.29) is 47.4 Å². The Bertz CT molecular complexity index is 2080. The molecule has 4 fully saturated rings. The molecule has 4 aliphatic carbocycles. The highest BCUT2D eigenvalue weighted by atomic mass is 32.3. The van der Waals surface area contributed by atoms with E-state index in [1.165, 1.54) is 0 Å². The number of benzene rings is 4. The molecule has 0 bridgehead atoms. The number of fused-ring (bicyclic) bond motifs is 5. The first-order valence-electron chi connectivity index (χ1n) is 19.0. The van der Waals surface area contributed by atoms with Crippen molar-refractivity contribution in [3.8, 4) is 0 Å². The summed E-state index contributed by atoms with van der Waals surface area (Å²) in [5.41, 5.74) is 0.657. The van der Waals surface area contributed by atoms with Crippen LogP contribution < -0.4 is 0 Å². The van der Waals surface area contributed by atoms with Crippen molar-refractivity contribution in [1.82, 2.24) is 0 Å². The third-order valence-corrected chi connectivity index (χ3v) is 15.2. The van der Waals surface area contributed by atoms with Crippen molar-refractivity contribution in [2.24, 2.45) is 46.3 Å². The summed E-state index contributed by atoms with van der Waals surface area (Å²) in [6.45, 7) is 6.72. The van der Waals surface area contributed by atoms with E-state index in [0.29, 0.717) is 54.9 Å². The number of carbonyl (C=O) groups excluding carboxylic acids is 2. The molecule has 9 heteroatoms. The zero-order valence-corrected chi connectivity index (χ0v) is 30.7. The van der Waals surface area contributed by atoms with Crippen molar-refractivity contribution in [3.63, 3.8) is 0 Å². The van der Waals surface area contributed by atoms with Crippen LogP contribution in [0.1, 0.15) is 95.3 Å². The summed E-state index contributed by atoms with van der Waals surface area (Å²) in [5.74, 6) is 1.33. The number of hydrogen-bond donors (Lipinski definition) is 2. The second-order valence-corrected chi connectivity index (χ2v) is 18.1. The number of Topliss-reactive ketones (excluding diaryl/α,β-unsaturated/α-hetero) is 1. The number of ether oxygens (including phenoxy) is 1. The van der Waals surface area contributed by atoms with Crippen LogP contribution in [0.5, 0.6) is 0 Å². The van der Waals surface area contributed by atoms with Crippen LogP contribution in [0.25, 0.3) is 32.3 Å². The summed E-state index contributed by atoms with van der Waals surface area (Å²) < 4.78 is 42.7. The van der Waals surface area contributed by atoms with Crippen LogP contribution in [0, 0.1) is 46.3 Å². The highest BCUT2D eigenvalue weighted by molar-refractivity contribution is 7.80. The summed E-state index contributed by atoms with van der Waals surface area (Å²) in [4.78, 5) is 26.5. The number of esters is 1. The van der Waals surface area contributed by atoms with Crippen LogP contribution in [0.4, 0.5) is 0 Å². The van der Waals surface area contributed by atoms with E-state index < -0.39 is 22.6 Å². The van der Waals surface area contributed by atoms with Gasteiger partial charge in [-0.1, -0.05) is 75.4 Å². The Morgan fingerprint density at radius 1 is 0.863 bits per heavy atom. The Morgan fingerprint density at radius 2 is 1.53 bits per heavy atom. The van der Waals surface area contributed by atoms with Crippen molar-refractivity contribution in [2.45, 2.75) is 97.2 Å². The van der Waals surface area contributed by atoms with Gasteiger partial charge in [0.25, 0.3) is 0 Å². The molecular weight excluding hydrogens is 665 g/mol. The fourth-order valence-electron chi connectivity index (χ4n) is 12.2. The lowest BCUT2D eigenvalue weighted by Gasteiger charge is -2.62. The van der Waals surface area contributed by atoms with E-state index in [4.69, 9.17) is 8.92 Å². The molecule has 8 nitrogen and oxygen atoms in total. The van der Waals surface area contributed by atoms with Crippen LogP contribution in [-0.4, -0.2) is 48.6 Å². The maximum absolute atomic E-state index is 13.4. The van der Waals surface area contributed by atoms with Gasteiger partial charge >= 0.3 is 16.4 Å². The van der Waals surface area contributed by atoms with Crippen LogP contribution in [0.15, 0.2) is 54.6 Å². The number of rotatable bonds is 9. The summed E-state index contributed by atoms with van der Waals surface area (Å²) >= 11 is 0. The lowest BCUT2D eigenvalue weighted by Crippen LogP contribution is -2.58. The van der Waals surface area contributed by atoms with Crippen LogP contribution in [-0.2, 0) is 24.1 Å². The average molecular weight is 715 g/mol. The highest BCUT2D eigenvalue weighted by Crippen LogP contribution is 2.68. The molecule has 0 radical (unpaired) electrons. The molecular formula is C42H50O8S. The quantitative estimate of drug-likeness (QED) is 0.0765. The molecule has 0 amide bonds. The molecule has 0 unspecified atom stereocenters. The van der Waals surface area contributed by atoms with Gasteiger partial charge in [0.15, 0.2) is 6.61 Å². The van der Waals surface area contributed by atoms with Gasteiger partial charge in [0, 0.05) is 12.0 Å². The van der Waals surface area contributed by atoms with E-state index >= 15 is 0 Å². The van der Waals surface area contributed by atoms with E-state index in [1.807, 2.05) is 24.3 Å². The lowest BCUT2D eigenvalue weighted by molar-refractivity contribution is -0.172. The summed E-state index contributed by atoms with van der Waals surface area (Å²) in [5, 5.41) is 18.1. The Labute approximate surface area is 300 Å². The SMILES string of the molecule is C[C@H](CCC(=O)OCC(=O)c1ccc2ccc3cccc4ccc1c2c34)[C@H]1CC[C@H]2[C@@H]3[C@@H](O)C[C@@H]4C[C@H](OS(=O)(=O)O)CC[C@]4(C)[C@H]3CC[C@]12C. The second kappa shape index (κ2) is 12.8. The highest BCUT2D eigenvalue weighted by Gasteiger charge is 2.63. The van der Waals surface area contributed by atoms with Crippen molar-refractivity contribution >= 4 is 54.5 Å². The number of aliphatic hydroxyl groups is 1. The van der Waals surface area contributed by atoms with Crippen molar-refractivity contribution in [1.29, 1.82) is 0 Å². The van der Waals surface area contributed by atoms with Gasteiger partial charge < -0.3 is 9.84 Å². The number of ketones is 1. The van der Waals surface area contributed by atoms with Gasteiger partial charge in [-0.25, -0.2) is 4.18 Å². The summed E-state index contributed by atoms with van der Waals surface area (Å²) in [6.07, 6.45) is 6.82. The predicted octanol–water partition coefficient (Wildman–Crippen LogP) is 8.54. The van der Waals surface area contributed by atoms with Crippen LogP contribution in [0.3, 0.4) is 0 Å². The van der Waals surface area contributed by atoms with Crippen LogP contribution >= 0.6 is 0 Å². The zero-order valence-electron chi connectivity index (χ0n) is 29.8. The molecule has 272 valence electrons. The largest absolute Gasteiger partial charge is 0.457 e. The van der Waals surface area contributed by atoms with Gasteiger partial charge in [-0.3, -0.25) is 14.1 Å². The first-order valence-corrected chi connectivity index (χ1v) is 20.3. The van der Waals surface area contributed by atoms with E-state index in [1.54, 1.807) is 0 Å². The van der Waals surface area contributed by atoms with Gasteiger partial charge in [-0.2, -0.15) is 8.42 Å². The Balaban J connectivity index is 0.889. The summed E-state index contributed by atoms with van der Waals surface area (Å²) in [6, 6.07) is 18.3. The molecule has 0 saturated heterocycles. The fourth-order valence-corrected chi connectivity index (χ4v) is 12.8. The molecule has 4 aromatic rings.